The predicted molar refractivity (Wildman–Crippen MR) is 117 cm³/mol. The maximum Gasteiger partial charge on any atom is 0.314 e. The topological polar surface area (TPSA) is 52.6 Å². The van der Waals surface area contributed by atoms with E-state index in [1.807, 2.05) is 0 Å². The fourth-order valence-electron chi connectivity index (χ4n) is 4.94. The van der Waals surface area contributed by atoms with Crippen LogP contribution in [0.2, 0.25) is 0 Å². The van der Waals surface area contributed by atoms with Gasteiger partial charge in [0.1, 0.15) is 11.6 Å². The molecule has 2 aromatic carbocycles. The molecule has 2 N–H and O–H groups in total. The number of alkyl halides is 2. The highest BCUT2D eigenvalue weighted by Gasteiger charge is 2.47. The van der Waals surface area contributed by atoms with Crippen LogP contribution in [-0.4, -0.2) is 34.1 Å². The highest BCUT2D eigenvalue weighted by atomic mass is 19.3. The van der Waals surface area contributed by atoms with Gasteiger partial charge in [-0.25, -0.2) is 8.78 Å². The Morgan fingerprint density at radius 3 is 2.36 bits per heavy atom. The number of allylic oxidation sites excluding steroid dienone is 1. The lowest BCUT2D eigenvalue weighted by molar-refractivity contribution is -0.0602. The molecule has 0 radical (unpaired) electrons. The number of carbonyl (C=O) groups is 1. The van der Waals surface area contributed by atoms with Crippen LogP contribution in [0, 0.1) is 18.6 Å². The number of hydrogen-bond donors (Lipinski definition) is 2. The van der Waals surface area contributed by atoms with Crippen LogP contribution in [0.15, 0.2) is 48.7 Å². The van der Waals surface area contributed by atoms with Crippen LogP contribution in [0.3, 0.4) is 0 Å². The molecule has 2 fully saturated rings. The molecule has 0 spiro atoms. The van der Waals surface area contributed by atoms with E-state index in [1.54, 1.807) is 4.90 Å². The van der Waals surface area contributed by atoms with Gasteiger partial charge in [0.05, 0.1) is 17.4 Å². The SMILES string of the molecule is C=C(N1[C@@H]2CCC[C@H]1CC(O)C2)C(F)(F)c1cc(C(=O)Nc2ccc(F)c(C)c2)ccc1F. The van der Waals surface area contributed by atoms with E-state index in [9.17, 15) is 18.7 Å². The number of benzene rings is 2. The van der Waals surface area contributed by atoms with Gasteiger partial charge in [0.25, 0.3) is 5.91 Å². The number of aliphatic hydroxyl groups excluding tert-OH is 1. The predicted octanol–water partition coefficient (Wildman–Crippen LogP) is 5.51. The Hall–Kier alpha value is -2.87. The van der Waals surface area contributed by atoms with Crippen LogP contribution < -0.4 is 5.32 Å². The van der Waals surface area contributed by atoms with Gasteiger partial charge in [-0.2, -0.15) is 8.78 Å². The maximum absolute atomic E-state index is 15.5. The van der Waals surface area contributed by atoms with Gasteiger partial charge in [-0.05, 0) is 81.0 Å². The summed E-state index contributed by atoms with van der Waals surface area (Å²) in [4.78, 5) is 14.2. The van der Waals surface area contributed by atoms with Gasteiger partial charge in [-0.1, -0.05) is 6.58 Å². The lowest BCUT2D eigenvalue weighted by Gasteiger charge is -2.51. The van der Waals surface area contributed by atoms with E-state index in [4.69, 9.17) is 0 Å². The Morgan fingerprint density at radius 1 is 1.09 bits per heavy atom. The summed E-state index contributed by atoms with van der Waals surface area (Å²) in [5.41, 5.74) is -1.00. The monoisotopic (exact) mass is 462 g/mol. The van der Waals surface area contributed by atoms with Crippen LogP contribution >= 0.6 is 0 Å². The molecule has 33 heavy (non-hydrogen) atoms. The molecule has 3 atom stereocenters. The Morgan fingerprint density at radius 2 is 1.73 bits per heavy atom. The molecule has 2 bridgehead atoms. The number of aliphatic hydroxyl groups is 1. The Bertz CT molecular complexity index is 1070. The van der Waals surface area contributed by atoms with E-state index in [0.717, 1.165) is 24.6 Å². The normalized spacial score (nSPS) is 22.7. The number of nitrogens with zero attached hydrogens (tertiary/aromatic N) is 1. The Labute approximate surface area is 189 Å². The van der Waals surface area contributed by atoms with E-state index in [2.05, 4.69) is 11.9 Å². The highest BCUT2D eigenvalue weighted by Crippen LogP contribution is 2.45. The number of rotatable bonds is 5. The minimum absolute atomic E-state index is 0.157. The summed E-state index contributed by atoms with van der Waals surface area (Å²) in [6.45, 7) is 5.16. The zero-order chi connectivity index (χ0) is 23.9. The third-order valence-electron chi connectivity index (χ3n) is 6.61. The minimum atomic E-state index is -3.75. The second-order valence-electron chi connectivity index (χ2n) is 8.90. The molecule has 4 rings (SSSR count). The number of piperidine rings is 2. The van der Waals surface area contributed by atoms with Crippen molar-refractivity contribution in [1.82, 2.24) is 4.90 Å². The number of nitrogens with one attached hydrogen (secondary N) is 1. The van der Waals surface area contributed by atoms with Crippen molar-refractivity contribution in [3.63, 3.8) is 0 Å². The first kappa shape index (κ1) is 23.3. The summed E-state index contributed by atoms with van der Waals surface area (Å²) in [6, 6.07) is 6.19. The first-order valence-corrected chi connectivity index (χ1v) is 11.0. The van der Waals surface area contributed by atoms with Gasteiger partial charge >= 0.3 is 5.92 Å². The molecule has 2 heterocycles. The quantitative estimate of drug-likeness (QED) is 0.577. The zero-order valence-electron chi connectivity index (χ0n) is 18.3. The van der Waals surface area contributed by atoms with Gasteiger partial charge < -0.3 is 15.3 Å². The van der Waals surface area contributed by atoms with Crippen molar-refractivity contribution >= 4 is 11.6 Å². The molecule has 2 aliphatic rings. The van der Waals surface area contributed by atoms with Crippen LogP contribution in [0.4, 0.5) is 23.2 Å². The maximum atomic E-state index is 15.5. The fourth-order valence-corrected chi connectivity index (χ4v) is 4.94. The van der Waals surface area contributed by atoms with Crippen molar-refractivity contribution in [2.45, 2.75) is 63.1 Å². The van der Waals surface area contributed by atoms with E-state index < -0.39 is 40.8 Å². The number of aryl methyl sites for hydroxylation is 1. The molecule has 2 aromatic rings. The molecular formula is C25H26F4N2O2. The third-order valence-corrected chi connectivity index (χ3v) is 6.61. The first-order chi connectivity index (χ1) is 15.6. The molecule has 0 aromatic heterocycles. The average Bonchev–Trinajstić information content (AvgIpc) is 2.75. The lowest BCUT2D eigenvalue weighted by atomic mass is 9.81. The van der Waals surface area contributed by atoms with Gasteiger partial charge in [-0.15, -0.1) is 0 Å². The van der Waals surface area contributed by atoms with Crippen molar-refractivity contribution in [1.29, 1.82) is 0 Å². The van der Waals surface area contributed by atoms with Crippen LogP contribution in [-0.2, 0) is 5.92 Å². The standard InChI is InChI=1S/C25H26F4N2O2/c1-14-10-17(7-9-22(14)26)30-24(33)16-6-8-23(27)21(11-16)25(28,29)15(2)31-18-4-3-5-19(31)13-20(32)12-18/h6-11,18-20,32H,2-5,12-13H2,1H3,(H,30,33)/t18-,19+,20?. The summed E-state index contributed by atoms with van der Waals surface area (Å²) >= 11 is 0. The molecule has 4 nitrogen and oxygen atoms in total. The summed E-state index contributed by atoms with van der Waals surface area (Å²) in [6.07, 6.45) is 2.39. The Kier molecular flexibility index (Phi) is 6.22. The number of anilines is 1. The minimum Gasteiger partial charge on any atom is -0.393 e. The van der Waals surface area contributed by atoms with Gasteiger partial charge in [-0.3, -0.25) is 4.79 Å². The van der Waals surface area contributed by atoms with Crippen molar-refractivity contribution in [2.24, 2.45) is 0 Å². The summed E-state index contributed by atoms with van der Waals surface area (Å²) in [5, 5.41) is 12.6. The first-order valence-electron chi connectivity index (χ1n) is 11.0. The van der Waals surface area contributed by atoms with E-state index >= 15 is 8.78 Å². The summed E-state index contributed by atoms with van der Waals surface area (Å²) in [5.74, 6) is -6.05. The van der Waals surface area contributed by atoms with E-state index in [0.29, 0.717) is 36.9 Å². The van der Waals surface area contributed by atoms with Gasteiger partial charge in [0.15, 0.2) is 0 Å². The number of hydrogen-bond acceptors (Lipinski definition) is 3. The molecule has 176 valence electrons. The van der Waals surface area contributed by atoms with Crippen molar-refractivity contribution in [2.75, 3.05) is 5.32 Å². The number of halogens is 4. The second kappa shape index (κ2) is 8.82. The number of fused-ring (bicyclic) bond motifs is 2. The third kappa shape index (κ3) is 4.49. The molecule has 1 amide bonds. The molecular weight excluding hydrogens is 436 g/mol. The molecule has 2 saturated heterocycles. The van der Waals surface area contributed by atoms with Crippen molar-refractivity contribution in [3.8, 4) is 0 Å². The molecule has 1 unspecified atom stereocenters. The van der Waals surface area contributed by atoms with Crippen LogP contribution in [0.25, 0.3) is 0 Å². The average molecular weight is 462 g/mol. The summed E-state index contributed by atoms with van der Waals surface area (Å²) < 4.78 is 59.1. The van der Waals surface area contributed by atoms with Crippen LogP contribution in [0.5, 0.6) is 0 Å². The van der Waals surface area contributed by atoms with Gasteiger partial charge in [0.2, 0.25) is 0 Å². The Balaban J connectivity index is 1.60. The summed E-state index contributed by atoms with van der Waals surface area (Å²) in [7, 11) is 0. The number of carbonyl (C=O) groups excluding carboxylic acids is 1. The smallest absolute Gasteiger partial charge is 0.314 e. The molecule has 0 aliphatic carbocycles. The van der Waals surface area contributed by atoms with E-state index in [-0.39, 0.29) is 17.6 Å². The van der Waals surface area contributed by atoms with Crippen LogP contribution in [0.1, 0.15) is 53.6 Å². The highest BCUT2D eigenvalue weighted by molar-refractivity contribution is 6.04. The van der Waals surface area contributed by atoms with E-state index in [1.165, 1.54) is 25.1 Å². The molecule has 0 saturated carbocycles. The molecule has 2 aliphatic heterocycles. The fraction of sp³-hybridized carbons (Fsp3) is 0.400. The van der Waals surface area contributed by atoms with Gasteiger partial charge in [0, 0.05) is 23.3 Å². The number of amides is 1. The van der Waals surface area contributed by atoms with Crippen molar-refractivity contribution < 1.29 is 27.5 Å². The zero-order valence-corrected chi connectivity index (χ0v) is 18.3. The largest absolute Gasteiger partial charge is 0.393 e. The molecule has 8 heteroatoms. The van der Waals surface area contributed by atoms with Crippen molar-refractivity contribution in [3.05, 3.63) is 77.0 Å². The lowest BCUT2D eigenvalue weighted by Crippen LogP contribution is -2.54. The second-order valence-corrected chi connectivity index (χ2v) is 8.90.